The van der Waals surface area contributed by atoms with Crippen LogP contribution in [-0.2, 0) is 10.3 Å². The molecular weight excluding hydrogens is 348 g/mol. The summed E-state index contributed by atoms with van der Waals surface area (Å²) in [5, 5.41) is 13.0. The molecule has 1 fully saturated rings. The molecule has 2 unspecified atom stereocenters. The third-order valence-electron chi connectivity index (χ3n) is 5.56. The predicted octanol–water partition coefficient (Wildman–Crippen LogP) is 4.53. The van der Waals surface area contributed by atoms with Crippen LogP contribution in [0.5, 0.6) is 5.75 Å². The lowest BCUT2D eigenvalue weighted by molar-refractivity contribution is -0.132. The Bertz CT molecular complexity index is 960. The van der Waals surface area contributed by atoms with Crippen molar-refractivity contribution in [1.82, 2.24) is 10.2 Å². The molecule has 0 aromatic heterocycles. The van der Waals surface area contributed by atoms with Crippen LogP contribution in [-0.4, -0.2) is 15.9 Å². The first kappa shape index (κ1) is 18.1. The van der Waals surface area contributed by atoms with Crippen LogP contribution < -0.4 is 5.32 Å². The van der Waals surface area contributed by atoms with E-state index in [9.17, 15) is 9.90 Å². The third kappa shape index (κ3) is 2.82. The average molecular weight is 372 g/mol. The molecule has 4 rings (SSSR count). The molecule has 4 heteroatoms. The first-order valence-corrected chi connectivity index (χ1v) is 9.56. The zero-order valence-electron chi connectivity index (χ0n) is 15.9. The Morgan fingerprint density at radius 2 is 1.82 bits per heavy atom. The fraction of sp³-hybridized carbons (Fsp3) is 0.208. The maximum atomic E-state index is 13.9. The van der Waals surface area contributed by atoms with Gasteiger partial charge in [0.2, 0.25) is 0 Å². The summed E-state index contributed by atoms with van der Waals surface area (Å²) in [6.45, 7) is 6.13. The maximum absolute atomic E-state index is 13.9. The summed E-state index contributed by atoms with van der Waals surface area (Å²) in [5.74, 6) is 0.744. The molecule has 0 bridgehead atoms. The van der Waals surface area contributed by atoms with Gasteiger partial charge in [-0.25, -0.2) is 0 Å². The average Bonchev–Trinajstić information content (AvgIpc) is 3.00. The van der Waals surface area contributed by atoms with Crippen LogP contribution in [0, 0.1) is 0 Å². The van der Waals surface area contributed by atoms with E-state index >= 15 is 0 Å². The van der Waals surface area contributed by atoms with Gasteiger partial charge in [-0.1, -0.05) is 67.3 Å². The fourth-order valence-corrected chi connectivity index (χ4v) is 4.08. The number of carbonyl (C=O) groups is 1. The highest BCUT2D eigenvalue weighted by Crippen LogP contribution is 2.43. The van der Waals surface area contributed by atoms with Crippen molar-refractivity contribution in [1.29, 1.82) is 0 Å². The molecule has 2 atom stereocenters. The largest absolute Gasteiger partial charge is 0.508 e. The summed E-state index contributed by atoms with van der Waals surface area (Å²) in [5.41, 5.74) is 1.82. The summed E-state index contributed by atoms with van der Waals surface area (Å²) in [7, 11) is 0. The minimum Gasteiger partial charge on any atom is -0.508 e. The summed E-state index contributed by atoms with van der Waals surface area (Å²) in [6.07, 6.45) is 8.19. The molecule has 2 aromatic rings. The fourth-order valence-electron chi connectivity index (χ4n) is 4.08. The van der Waals surface area contributed by atoms with E-state index in [1.807, 2.05) is 55.5 Å². The molecule has 2 N–H and O–H groups in total. The number of phenolic OH excluding ortho intramolecular Hbond substituents is 1. The van der Waals surface area contributed by atoms with E-state index in [1.165, 1.54) is 0 Å². The number of aromatic hydroxyl groups is 1. The summed E-state index contributed by atoms with van der Waals surface area (Å²) >= 11 is 0. The molecule has 1 aliphatic heterocycles. The molecule has 1 heterocycles. The normalized spacial score (nSPS) is 22.8. The van der Waals surface area contributed by atoms with E-state index in [0.29, 0.717) is 5.82 Å². The quantitative estimate of drug-likeness (QED) is 0.829. The first-order chi connectivity index (χ1) is 13.5. The van der Waals surface area contributed by atoms with Crippen molar-refractivity contribution in [2.45, 2.75) is 31.3 Å². The van der Waals surface area contributed by atoms with Crippen LogP contribution in [0.2, 0.25) is 0 Å². The second kappa shape index (κ2) is 7.04. The molecule has 4 nitrogen and oxygen atoms in total. The standard InChI is InChI=1S/C24H24N2O2/c1-17(19-13-15-22(27)16-14-19)26-18(2)25-24(23(26)28,20-9-5-3-6-10-20)21-11-7-4-8-12-21/h3,5-7,9-17,25,27H,2,4,8H2,1H3. The zero-order chi connectivity index (χ0) is 19.7. The minimum atomic E-state index is -0.972. The topological polar surface area (TPSA) is 52.6 Å². The third-order valence-corrected chi connectivity index (χ3v) is 5.56. The van der Waals surface area contributed by atoms with Crippen molar-refractivity contribution in [3.8, 4) is 5.75 Å². The number of rotatable bonds is 4. The maximum Gasteiger partial charge on any atom is 0.263 e. The molecule has 28 heavy (non-hydrogen) atoms. The second-order valence-corrected chi connectivity index (χ2v) is 7.27. The van der Waals surface area contributed by atoms with Crippen molar-refractivity contribution >= 4 is 5.91 Å². The Balaban J connectivity index is 1.80. The van der Waals surface area contributed by atoms with E-state index in [-0.39, 0.29) is 17.7 Å². The molecule has 0 spiro atoms. The highest BCUT2D eigenvalue weighted by Gasteiger charge is 2.53. The predicted molar refractivity (Wildman–Crippen MR) is 110 cm³/mol. The van der Waals surface area contributed by atoms with Gasteiger partial charge in [0.1, 0.15) is 11.6 Å². The zero-order valence-corrected chi connectivity index (χ0v) is 15.9. The number of amides is 1. The van der Waals surface area contributed by atoms with Gasteiger partial charge in [0.25, 0.3) is 5.91 Å². The van der Waals surface area contributed by atoms with Crippen molar-refractivity contribution in [2.75, 3.05) is 0 Å². The first-order valence-electron chi connectivity index (χ1n) is 9.56. The van der Waals surface area contributed by atoms with Crippen molar-refractivity contribution in [3.05, 3.63) is 102 Å². The lowest BCUT2D eigenvalue weighted by Crippen LogP contribution is -2.45. The minimum absolute atomic E-state index is 0.0397. The number of hydrogen-bond donors (Lipinski definition) is 2. The Labute approximate surface area is 165 Å². The van der Waals surface area contributed by atoms with Gasteiger partial charge in [-0.2, -0.15) is 0 Å². The Hall–Kier alpha value is -3.27. The Morgan fingerprint density at radius 1 is 1.11 bits per heavy atom. The number of hydrogen-bond acceptors (Lipinski definition) is 3. The van der Waals surface area contributed by atoms with Crippen molar-refractivity contribution < 1.29 is 9.90 Å². The molecule has 1 amide bonds. The van der Waals surface area contributed by atoms with Gasteiger partial charge in [0, 0.05) is 0 Å². The van der Waals surface area contributed by atoms with Crippen LogP contribution in [0.1, 0.15) is 36.9 Å². The molecule has 2 aromatic carbocycles. The van der Waals surface area contributed by atoms with Gasteiger partial charge in [0.05, 0.1) is 6.04 Å². The molecule has 1 aliphatic carbocycles. The summed E-state index contributed by atoms with van der Waals surface area (Å²) < 4.78 is 0. The van der Waals surface area contributed by atoms with Gasteiger partial charge in [-0.05, 0) is 48.6 Å². The molecule has 1 saturated heterocycles. The number of benzene rings is 2. The summed E-state index contributed by atoms with van der Waals surface area (Å²) in [6, 6.07) is 16.6. The van der Waals surface area contributed by atoms with Crippen LogP contribution in [0.15, 0.2) is 90.8 Å². The van der Waals surface area contributed by atoms with E-state index in [1.54, 1.807) is 17.0 Å². The van der Waals surface area contributed by atoms with Crippen LogP contribution >= 0.6 is 0 Å². The van der Waals surface area contributed by atoms with Crippen LogP contribution in [0.3, 0.4) is 0 Å². The molecular formula is C24H24N2O2. The molecule has 0 radical (unpaired) electrons. The van der Waals surface area contributed by atoms with Crippen LogP contribution in [0.25, 0.3) is 0 Å². The number of nitrogens with zero attached hydrogens (tertiary/aromatic N) is 1. The van der Waals surface area contributed by atoms with Crippen molar-refractivity contribution in [3.63, 3.8) is 0 Å². The van der Waals surface area contributed by atoms with E-state index < -0.39 is 5.54 Å². The number of allylic oxidation sites excluding steroid dienone is 2. The number of carbonyl (C=O) groups excluding carboxylic acids is 1. The van der Waals surface area contributed by atoms with Gasteiger partial charge in [0.15, 0.2) is 5.54 Å². The molecule has 0 saturated carbocycles. The SMILES string of the molecule is C=C1NC(C2=CCCC=C2)(c2ccccc2)C(=O)N1C(C)c1ccc(O)cc1. The van der Waals surface area contributed by atoms with E-state index in [4.69, 9.17) is 0 Å². The van der Waals surface area contributed by atoms with E-state index in [2.05, 4.69) is 24.0 Å². The van der Waals surface area contributed by atoms with Crippen LogP contribution in [0.4, 0.5) is 0 Å². The summed E-state index contributed by atoms with van der Waals surface area (Å²) in [4.78, 5) is 15.6. The van der Waals surface area contributed by atoms with E-state index in [0.717, 1.165) is 29.5 Å². The lowest BCUT2D eigenvalue weighted by Gasteiger charge is -2.31. The smallest absolute Gasteiger partial charge is 0.263 e. The van der Waals surface area contributed by atoms with Gasteiger partial charge in [-0.15, -0.1) is 0 Å². The highest BCUT2D eigenvalue weighted by molar-refractivity contribution is 5.96. The van der Waals surface area contributed by atoms with Gasteiger partial charge < -0.3 is 10.4 Å². The van der Waals surface area contributed by atoms with Gasteiger partial charge >= 0.3 is 0 Å². The second-order valence-electron chi connectivity index (χ2n) is 7.27. The number of phenols is 1. The highest BCUT2D eigenvalue weighted by atomic mass is 16.3. The lowest BCUT2D eigenvalue weighted by atomic mass is 9.80. The molecule has 2 aliphatic rings. The monoisotopic (exact) mass is 372 g/mol. The number of nitrogens with one attached hydrogen (secondary N) is 1. The molecule has 142 valence electrons. The van der Waals surface area contributed by atoms with Crippen molar-refractivity contribution in [2.24, 2.45) is 0 Å². The van der Waals surface area contributed by atoms with Gasteiger partial charge in [-0.3, -0.25) is 9.69 Å². The Morgan fingerprint density at radius 3 is 2.46 bits per heavy atom. The Kier molecular flexibility index (Phi) is 4.55.